The summed E-state index contributed by atoms with van der Waals surface area (Å²) in [6.07, 6.45) is -1.94. The van der Waals surface area contributed by atoms with E-state index in [1.54, 1.807) is 18.3 Å². The molecule has 5 rings (SSSR count). The summed E-state index contributed by atoms with van der Waals surface area (Å²) in [5.74, 6) is -0.845. The van der Waals surface area contributed by atoms with Gasteiger partial charge in [0.2, 0.25) is 11.8 Å². The van der Waals surface area contributed by atoms with Crippen LogP contribution in [-0.4, -0.2) is 43.8 Å². The van der Waals surface area contributed by atoms with E-state index < -0.39 is 11.7 Å². The van der Waals surface area contributed by atoms with Crippen molar-refractivity contribution in [2.24, 2.45) is 17.3 Å². The Labute approximate surface area is 229 Å². The van der Waals surface area contributed by atoms with E-state index in [1.165, 1.54) is 16.2 Å². The lowest BCUT2D eigenvalue weighted by Gasteiger charge is -2.19. The molecule has 0 N–H and O–H groups in total. The maximum Gasteiger partial charge on any atom is 0.417 e. The zero-order valence-electron chi connectivity index (χ0n) is 20.4. The minimum atomic E-state index is -4.54. The summed E-state index contributed by atoms with van der Waals surface area (Å²) in [5, 5.41) is 0. The quantitative estimate of drug-likeness (QED) is 0.174. The number of hydrogen-bond acceptors (Lipinski definition) is 6. The minimum absolute atomic E-state index is 0.135. The highest BCUT2D eigenvalue weighted by Gasteiger charge is 2.72. The molecule has 6 nitrogen and oxygen atoms in total. The molecule has 0 aromatic carbocycles. The second-order valence-corrected chi connectivity index (χ2v) is 12.0. The third-order valence-electron chi connectivity index (χ3n) is 7.25. The highest BCUT2D eigenvalue weighted by atomic mass is 127. The number of nitrogens with zero attached hydrogens (tertiary/aromatic N) is 3. The van der Waals surface area contributed by atoms with Crippen molar-refractivity contribution in [1.82, 2.24) is 14.9 Å². The predicted octanol–water partition coefficient (Wildman–Crippen LogP) is 5.90. The van der Waals surface area contributed by atoms with Gasteiger partial charge in [0.05, 0.1) is 46.0 Å². The molecule has 1 saturated heterocycles. The number of ether oxygens (including phenoxy) is 1. The van der Waals surface area contributed by atoms with Crippen LogP contribution in [0.15, 0.2) is 30.6 Å². The van der Waals surface area contributed by atoms with Gasteiger partial charge in [-0.25, -0.2) is 0 Å². The molecule has 11 heteroatoms. The number of carbonyl (C=O) groups is 2. The van der Waals surface area contributed by atoms with Crippen LogP contribution in [-0.2, 0) is 33.5 Å². The van der Waals surface area contributed by atoms with Crippen molar-refractivity contribution in [3.05, 3.63) is 46.7 Å². The molecule has 0 radical (unpaired) electrons. The molecule has 4 heterocycles. The second kappa shape index (κ2) is 9.57. The number of alkyl halides is 4. The van der Waals surface area contributed by atoms with Crippen molar-refractivity contribution in [3.8, 4) is 11.1 Å². The number of rotatable bonds is 8. The summed E-state index contributed by atoms with van der Waals surface area (Å²) >= 11 is 3.53. The largest absolute Gasteiger partial charge is 0.417 e. The Balaban J connectivity index is 1.53. The Hall–Kier alpha value is -2.12. The van der Waals surface area contributed by atoms with Crippen LogP contribution in [0, 0.1) is 17.3 Å². The van der Waals surface area contributed by atoms with E-state index in [2.05, 4.69) is 32.6 Å². The van der Waals surface area contributed by atoms with Crippen molar-refractivity contribution in [1.29, 1.82) is 0 Å². The molecule has 1 aliphatic carbocycles. The maximum atomic E-state index is 13.6. The number of carbonyl (C=O) groups excluding carboxylic acids is 2. The van der Waals surface area contributed by atoms with Gasteiger partial charge in [-0.15, -0.1) is 11.3 Å². The van der Waals surface area contributed by atoms with Crippen molar-refractivity contribution in [3.63, 3.8) is 0 Å². The Morgan fingerprint density at radius 3 is 2.49 bits per heavy atom. The van der Waals surface area contributed by atoms with Gasteiger partial charge in [0.25, 0.3) is 0 Å². The molecule has 37 heavy (non-hydrogen) atoms. The molecule has 196 valence electrons. The second-order valence-electron chi connectivity index (χ2n) is 9.98. The molecule has 2 amide bonds. The summed E-state index contributed by atoms with van der Waals surface area (Å²) in [6.45, 7) is 6.36. The first-order valence-corrected chi connectivity index (χ1v) is 14.3. The molecule has 2 fully saturated rings. The van der Waals surface area contributed by atoms with Crippen LogP contribution in [0.4, 0.5) is 13.2 Å². The van der Waals surface area contributed by atoms with Crippen LogP contribution in [0.3, 0.4) is 0 Å². The molecule has 3 aromatic heterocycles. The summed E-state index contributed by atoms with van der Waals surface area (Å²) < 4.78 is 48.0. The van der Waals surface area contributed by atoms with E-state index in [1.807, 2.05) is 20.8 Å². The first-order chi connectivity index (χ1) is 17.5. The number of piperidine rings is 1. The van der Waals surface area contributed by atoms with E-state index in [4.69, 9.17) is 4.74 Å². The van der Waals surface area contributed by atoms with Gasteiger partial charge in [-0.3, -0.25) is 24.5 Å². The fourth-order valence-corrected chi connectivity index (χ4v) is 6.94. The average Bonchev–Trinajstić information content (AvgIpc) is 3.09. The molecule has 1 saturated carbocycles. The first-order valence-electron chi connectivity index (χ1n) is 11.9. The summed E-state index contributed by atoms with van der Waals surface area (Å²) in [5.41, 5.74) is 0.955. The highest BCUT2D eigenvalue weighted by molar-refractivity contribution is 14.1. The number of aromatic nitrogens is 2. The molecule has 3 aromatic rings. The lowest BCUT2D eigenvalue weighted by Crippen LogP contribution is -2.35. The van der Waals surface area contributed by atoms with Crippen molar-refractivity contribution >= 4 is 56.0 Å². The predicted molar refractivity (Wildman–Crippen MR) is 142 cm³/mol. The molecule has 0 spiro atoms. The standard InChI is InChI=1S/C26H25F3IN3O3S/c1-4-36-14(10-30)8-18-17(7-13(11-32-18)26(27,28)29)16-5-6-31-19-9-15(37-22(16)19)12-33-23(34)20-21(24(33)35)25(20,2)3/h5-7,9,11,14,20-21H,4,8,10,12H2,1-3H3/t14-,20?,21?/m1/s1. The number of amides is 2. The average molecular weight is 643 g/mol. The number of hydrogen-bond donors (Lipinski definition) is 0. The third-order valence-corrected chi connectivity index (χ3v) is 9.38. The summed E-state index contributed by atoms with van der Waals surface area (Å²) in [6, 6.07) is 4.62. The number of fused-ring (bicyclic) bond motifs is 2. The van der Waals surface area contributed by atoms with Gasteiger partial charge < -0.3 is 4.74 Å². The number of imide groups is 1. The topological polar surface area (TPSA) is 72.4 Å². The van der Waals surface area contributed by atoms with E-state index >= 15 is 0 Å². The van der Waals surface area contributed by atoms with Crippen LogP contribution >= 0.6 is 33.9 Å². The summed E-state index contributed by atoms with van der Waals surface area (Å²) in [7, 11) is 0. The number of pyridine rings is 2. The zero-order chi connectivity index (χ0) is 26.7. The maximum absolute atomic E-state index is 13.6. The van der Waals surface area contributed by atoms with Gasteiger partial charge in [0.15, 0.2) is 0 Å². The van der Waals surface area contributed by atoms with E-state index in [9.17, 15) is 22.8 Å². The number of likely N-dealkylation sites (tertiary alicyclic amines) is 1. The molecule has 2 unspecified atom stereocenters. The summed E-state index contributed by atoms with van der Waals surface area (Å²) in [4.78, 5) is 36.3. The van der Waals surface area contributed by atoms with Crippen molar-refractivity contribution in [2.45, 2.75) is 46.0 Å². The Kier molecular flexibility index (Phi) is 6.85. The van der Waals surface area contributed by atoms with Gasteiger partial charge in [-0.1, -0.05) is 36.4 Å². The van der Waals surface area contributed by atoms with Crippen LogP contribution < -0.4 is 0 Å². The van der Waals surface area contributed by atoms with Crippen LogP contribution in [0.1, 0.15) is 36.9 Å². The van der Waals surface area contributed by atoms with Gasteiger partial charge >= 0.3 is 6.18 Å². The van der Waals surface area contributed by atoms with Gasteiger partial charge in [0, 0.05) is 45.9 Å². The Bertz CT molecular complexity index is 1370. The van der Waals surface area contributed by atoms with Gasteiger partial charge in [0.1, 0.15) is 0 Å². The Morgan fingerprint density at radius 1 is 1.16 bits per heavy atom. The molecule has 3 atom stereocenters. The fraction of sp³-hybridized carbons (Fsp3) is 0.462. The normalized spacial score (nSPS) is 21.5. The van der Waals surface area contributed by atoms with E-state index in [0.717, 1.165) is 17.1 Å². The Morgan fingerprint density at radius 2 is 1.86 bits per heavy atom. The molecule has 1 aliphatic heterocycles. The van der Waals surface area contributed by atoms with Crippen LogP contribution in [0.5, 0.6) is 0 Å². The lowest BCUT2D eigenvalue weighted by molar-refractivity contribution is -0.143. The smallest absolute Gasteiger partial charge is 0.377 e. The zero-order valence-corrected chi connectivity index (χ0v) is 23.4. The molecular formula is C26H25F3IN3O3S. The minimum Gasteiger partial charge on any atom is -0.377 e. The highest BCUT2D eigenvalue weighted by Crippen LogP contribution is 2.63. The first kappa shape index (κ1) is 26.5. The number of thiophene rings is 1. The monoisotopic (exact) mass is 643 g/mol. The van der Waals surface area contributed by atoms with Crippen LogP contribution in [0.25, 0.3) is 21.3 Å². The van der Waals surface area contributed by atoms with E-state index in [0.29, 0.717) is 44.5 Å². The number of halogens is 4. The fourth-order valence-electron chi connectivity index (χ4n) is 5.25. The molecule has 2 aliphatic rings. The van der Waals surface area contributed by atoms with Gasteiger partial charge in [-0.05, 0) is 30.5 Å². The van der Waals surface area contributed by atoms with Crippen molar-refractivity contribution in [2.75, 3.05) is 11.0 Å². The van der Waals surface area contributed by atoms with Crippen LogP contribution in [0.2, 0.25) is 0 Å². The lowest BCUT2D eigenvalue weighted by atomic mass is 9.99. The SMILES string of the molecule is CCO[C@@H](CI)Cc1ncc(C(F)(F)F)cc1-c1ccnc2cc(CN3C(=O)C4C(C3=O)C4(C)C)sc12. The van der Waals surface area contributed by atoms with E-state index in [-0.39, 0.29) is 41.7 Å². The van der Waals surface area contributed by atoms with Crippen molar-refractivity contribution < 1.29 is 27.5 Å². The molecule has 0 bridgehead atoms. The molecular weight excluding hydrogens is 618 g/mol. The van der Waals surface area contributed by atoms with Gasteiger partial charge in [-0.2, -0.15) is 13.2 Å². The third kappa shape index (κ3) is 4.67.